The number of hydrogen-bond donors (Lipinski definition) is 1. The molecule has 0 radical (unpaired) electrons. The van der Waals surface area contributed by atoms with Crippen molar-refractivity contribution in [2.24, 2.45) is 0 Å². The molecule has 3 fully saturated rings. The topological polar surface area (TPSA) is 52.7 Å². The number of piperidine rings is 2. The van der Waals surface area contributed by atoms with E-state index in [2.05, 4.69) is 10.2 Å². The van der Waals surface area contributed by atoms with Crippen molar-refractivity contribution >= 4 is 11.8 Å². The number of amides is 2. The molecule has 0 spiro atoms. The molecule has 3 atom stereocenters. The average molecular weight is 265 g/mol. The highest BCUT2D eigenvalue weighted by Crippen LogP contribution is 2.27. The summed E-state index contributed by atoms with van der Waals surface area (Å²) in [6.45, 7) is 2.40. The molecular weight excluding hydrogens is 242 g/mol. The summed E-state index contributed by atoms with van der Waals surface area (Å²) in [4.78, 5) is 27.4. The van der Waals surface area contributed by atoms with E-state index in [9.17, 15) is 9.59 Å². The van der Waals surface area contributed by atoms with Crippen LogP contribution in [0.1, 0.15) is 38.5 Å². The molecule has 3 heterocycles. The Hall–Kier alpha value is -0.940. The van der Waals surface area contributed by atoms with Crippen molar-refractivity contribution in [2.75, 3.05) is 20.1 Å². The third-order valence-corrected chi connectivity index (χ3v) is 4.91. The van der Waals surface area contributed by atoms with Crippen molar-refractivity contribution in [2.45, 2.75) is 56.7 Å². The van der Waals surface area contributed by atoms with Crippen LogP contribution >= 0.6 is 0 Å². The molecule has 3 aliphatic heterocycles. The smallest absolute Gasteiger partial charge is 0.246 e. The molecule has 5 nitrogen and oxygen atoms in total. The summed E-state index contributed by atoms with van der Waals surface area (Å²) in [6, 6.07) is 1.000. The Balaban J connectivity index is 1.56. The molecule has 3 rings (SSSR count). The number of hydrogen-bond acceptors (Lipinski definition) is 4. The van der Waals surface area contributed by atoms with Gasteiger partial charge in [-0.15, -0.1) is 0 Å². The van der Waals surface area contributed by atoms with Gasteiger partial charge < -0.3 is 10.2 Å². The lowest BCUT2D eigenvalue weighted by Crippen LogP contribution is -2.56. The monoisotopic (exact) mass is 265 g/mol. The molecule has 0 bridgehead atoms. The lowest BCUT2D eigenvalue weighted by atomic mass is 9.95. The summed E-state index contributed by atoms with van der Waals surface area (Å²) in [5.41, 5.74) is 0. The maximum atomic E-state index is 12.1. The van der Waals surface area contributed by atoms with Gasteiger partial charge in [0.1, 0.15) is 0 Å². The van der Waals surface area contributed by atoms with E-state index in [-0.39, 0.29) is 17.9 Å². The van der Waals surface area contributed by atoms with Crippen LogP contribution in [-0.4, -0.2) is 59.9 Å². The summed E-state index contributed by atoms with van der Waals surface area (Å²) in [7, 11) is 1.60. The largest absolute Gasteiger partial charge is 0.303 e. The Morgan fingerprint density at radius 1 is 1.16 bits per heavy atom. The van der Waals surface area contributed by atoms with E-state index in [1.165, 1.54) is 24.3 Å². The van der Waals surface area contributed by atoms with Crippen LogP contribution in [0.3, 0.4) is 0 Å². The van der Waals surface area contributed by atoms with Crippen LogP contribution in [0, 0.1) is 0 Å². The van der Waals surface area contributed by atoms with E-state index in [1.54, 1.807) is 7.05 Å². The Morgan fingerprint density at radius 3 is 2.84 bits per heavy atom. The second kappa shape index (κ2) is 5.21. The molecule has 0 aromatic heterocycles. The van der Waals surface area contributed by atoms with E-state index in [1.807, 2.05) is 0 Å². The van der Waals surface area contributed by atoms with E-state index >= 15 is 0 Å². The highest BCUT2D eigenvalue weighted by Gasteiger charge is 2.36. The summed E-state index contributed by atoms with van der Waals surface area (Å²) < 4.78 is 0. The van der Waals surface area contributed by atoms with Gasteiger partial charge in [0.2, 0.25) is 11.8 Å². The van der Waals surface area contributed by atoms with Crippen LogP contribution in [0.25, 0.3) is 0 Å². The van der Waals surface area contributed by atoms with Crippen LogP contribution in [0.15, 0.2) is 0 Å². The van der Waals surface area contributed by atoms with Crippen molar-refractivity contribution in [3.63, 3.8) is 0 Å². The highest BCUT2D eigenvalue weighted by atomic mass is 16.2. The first-order valence-electron chi connectivity index (χ1n) is 7.45. The molecule has 2 amide bonds. The molecule has 0 aromatic rings. The maximum Gasteiger partial charge on any atom is 0.246 e. The summed E-state index contributed by atoms with van der Waals surface area (Å²) >= 11 is 0. The van der Waals surface area contributed by atoms with Crippen LogP contribution in [0.5, 0.6) is 0 Å². The fourth-order valence-corrected chi connectivity index (χ4v) is 3.73. The zero-order chi connectivity index (χ0) is 13.4. The normalized spacial score (nSPS) is 36.7. The molecule has 3 saturated heterocycles. The lowest BCUT2D eigenvalue weighted by Gasteiger charge is -2.38. The molecule has 0 aliphatic carbocycles. The van der Waals surface area contributed by atoms with Gasteiger partial charge in [-0.25, -0.2) is 0 Å². The lowest BCUT2D eigenvalue weighted by molar-refractivity contribution is -0.148. The highest BCUT2D eigenvalue weighted by molar-refractivity contribution is 6.00. The molecule has 3 unspecified atom stereocenters. The summed E-state index contributed by atoms with van der Waals surface area (Å²) in [5.74, 6) is -0.0984. The van der Waals surface area contributed by atoms with Crippen molar-refractivity contribution in [1.82, 2.24) is 15.1 Å². The molecule has 1 N–H and O–H groups in total. The molecule has 106 valence electrons. The van der Waals surface area contributed by atoms with Crippen LogP contribution in [0.2, 0.25) is 0 Å². The number of nitrogens with one attached hydrogen (secondary N) is 1. The molecule has 3 aliphatic rings. The summed E-state index contributed by atoms with van der Waals surface area (Å²) in [6.07, 6.45) is 6.04. The van der Waals surface area contributed by atoms with Gasteiger partial charge in [0.25, 0.3) is 0 Å². The maximum absolute atomic E-state index is 12.1. The average Bonchev–Trinajstić information content (AvgIpc) is 2.87. The molecule has 19 heavy (non-hydrogen) atoms. The number of nitrogens with zero attached hydrogens (tertiary/aromatic N) is 2. The number of likely N-dealkylation sites (tertiary alicyclic amines) is 1. The number of carbonyl (C=O) groups is 2. The minimum Gasteiger partial charge on any atom is -0.303 e. The third kappa shape index (κ3) is 2.54. The second-order valence-corrected chi connectivity index (χ2v) is 6.10. The van der Waals surface area contributed by atoms with Gasteiger partial charge in [-0.05, 0) is 45.2 Å². The van der Waals surface area contributed by atoms with E-state index in [0.29, 0.717) is 24.9 Å². The first kappa shape index (κ1) is 13.1. The predicted octanol–water partition coefficient (Wildman–Crippen LogP) is 0.350. The fraction of sp³-hybridized carbons (Fsp3) is 0.857. The fourth-order valence-electron chi connectivity index (χ4n) is 3.73. The van der Waals surface area contributed by atoms with Gasteiger partial charge in [0.15, 0.2) is 0 Å². The molecule has 0 saturated carbocycles. The minimum absolute atomic E-state index is 0.0475. The van der Waals surface area contributed by atoms with Crippen molar-refractivity contribution in [3.8, 4) is 0 Å². The Morgan fingerprint density at radius 2 is 2.00 bits per heavy atom. The SMILES string of the molecule is CN1C(=O)CCC(NC2CCN3CCCC3C2)C1=O. The van der Waals surface area contributed by atoms with Crippen LogP contribution in [-0.2, 0) is 9.59 Å². The van der Waals surface area contributed by atoms with Gasteiger partial charge in [0.05, 0.1) is 6.04 Å². The van der Waals surface area contributed by atoms with E-state index in [0.717, 1.165) is 19.4 Å². The van der Waals surface area contributed by atoms with Crippen molar-refractivity contribution in [1.29, 1.82) is 0 Å². The first-order valence-corrected chi connectivity index (χ1v) is 7.45. The van der Waals surface area contributed by atoms with Gasteiger partial charge in [-0.1, -0.05) is 0 Å². The van der Waals surface area contributed by atoms with Crippen molar-refractivity contribution in [3.05, 3.63) is 0 Å². The number of imide groups is 1. The molecule has 5 heteroatoms. The Bertz CT molecular complexity index is 385. The van der Waals surface area contributed by atoms with Crippen LogP contribution < -0.4 is 5.32 Å². The minimum atomic E-state index is -0.152. The number of rotatable bonds is 2. The Labute approximate surface area is 114 Å². The van der Waals surface area contributed by atoms with Gasteiger partial charge >= 0.3 is 0 Å². The Kier molecular flexibility index (Phi) is 3.58. The van der Waals surface area contributed by atoms with Crippen LogP contribution in [0.4, 0.5) is 0 Å². The summed E-state index contributed by atoms with van der Waals surface area (Å²) in [5, 5.41) is 3.50. The molecular formula is C14H23N3O2. The van der Waals surface area contributed by atoms with E-state index in [4.69, 9.17) is 0 Å². The zero-order valence-corrected chi connectivity index (χ0v) is 11.6. The quantitative estimate of drug-likeness (QED) is 0.732. The van der Waals surface area contributed by atoms with Gasteiger partial charge in [-0.3, -0.25) is 14.5 Å². The van der Waals surface area contributed by atoms with Crippen molar-refractivity contribution < 1.29 is 9.59 Å². The number of likely N-dealkylation sites (N-methyl/N-ethyl adjacent to an activating group) is 1. The number of carbonyl (C=O) groups excluding carboxylic acids is 2. The van der Waals surface area contributed by atoms with E-state index < -0.39 is 0 Å². The second-order valence-electron chi connectivity index (χ2n) is 6.10. The number of fused-ring (bicyclic) bond motifs is 1. The standard InChI is InChI=1S/C14H23N3O2/c1-16-13(18)5-4-12(14(16)19)15-10-6-8-17-7-2-3-11(17)9-10/h10-12,15H,2-9H2,1H3. The first-order chi connectivity index (χ1) is 9.15. The van der Waals surface area contributed by atoms with Gasteiger partial charge in [0, 0.05) is 25.6 Å². The van der Waals surface area contributed by atoms with Gasteiger partial charge in [-0.2, -0.15) is 0 Å². The molecule has 0 aromatic carbocycles. The third-order valence-electron chi connectivity index (χ3n) is 4.91. The zero-order valence-electron chi connectivity index (χ0n) is 11.6. The predicted molar refractivity (Wildman–Crippen MR) is 71.6 cm³/mol.